The molecule has 2 aromatic carbocycles. The molecule has 0 fully saturated rings. The Morgan fingerprint density at radius 2 is 1.69 bits per heavy atom. The number of furan rings is 1. The van der Waals surface area contributed by atoms with E-state index in [-0.39, 0.29) is 40.3 Å². The summed E-state index contributed by atoms with van der Waals surface area (Å²) in [4.78, 5) is 37.8. The minimum atomic E-state index is -0.698. The summed E-state index contributed by atoms with van der Waals surface area (Å²) in [5.74, 6) is 0.264. The summed E-state index contributed by atoms with van der Waals surface area (Å²) in [6.07, 6.45) is 1.67. The predicted molar refractivity (Wildman–Crippen MR) is 127 cm³/mol. The molecule has 1 aromatic heterocycles. The number of hydrogen-bond acceptors (Lipinski definition) is 7. The van der Waals surface area contributed by atoms with Crippen molar-refractivity contribution in [3.8, 4) is 5.75 Å². The molecule has 0 aliphatic carbocycles. The summed E-state index contributed by atoms with van der Waals surface area (Å²) in [5.41, 5.74) is 0.0741. The molecule has 3 aromatic rings. The van der Waals surface area contributed by atoms with E-state index in [0.717, 1.165) is 5.56 Å². The van der Waals surface area contributed by atoms with E-state index < -0.39 is 10.9 Å². The number of amides is 1. The van der Waals surface area contributed by atoms with Crippen molar-refractivity contribution in [2.75, 3.05) is 24.7 Å². The number of nitrogens with zero attached hydrogens (tertiary/aromatic N) is 1. The molecule has 1 heterocycles. The molecule has 0 saturated carbocycles. The van der Waals surface area contributed by atoms with E-state index in [2.05, 4.69) is 10.6 Å². The van der Waals surface area contributed by atoms with Crippen molar-refractivity contribution in [2.24, 2.45) is 0 Å². The SMILES string of the molecule is CC.CC(C)c1coc([C@@H](C)Nc2c(Nc3cccc(C(=O)N(C)C)c3O)c(=O)c2=O)c1. The number of nitrogens with one attached hydrogen (secondary N) is 2. The minimum absolute atomic E-state index is 0.0345. The molecule has 0 spiro atoms. The molecule has 8 nitrogen and oxygen atoms in total. The van der Waals surface area contributed by atoms with Crippen molar-refractivity contribution in [1.29, 1.82) is 0 Å². The molecule has 1 atom stereocenters. The molecule has 0 saturated heterocycles. The Labute approximate surface area is 187 Å². The second-order valence-corrected chi connectivity index (χ2v) is 7.74. The van der Waals surface area contributed by atoms with E-state index >= 15 is 0 Å². The van der Waals surface area contributed by atoms with E-state index in [9.17, 15) is 19.5 Å². The van der Waals surface area contributed by atoms with Crippen molar-refractivity contribution in [3.05, 3.63) is 67.9 Å². The van der Waals surface area contributed by atoms with Crippen LogP contribution in [0.1, 0.15) is 68.3 Å². The number of para-hydroxylation sites is 1. The standard InChI is InChI=1S/C22H25N3O5.C2H6/c1-11(2)13-9-16(30-10-13)12(3)23-17-18(21(28)20(17)27)24-15-8-6-7-14(19(15)26)22(29)25(4)5;1-2/h6-12,23-24,26H,1-5H3;1-2H3/t12-;/m1./s1. The number of anilines is 3. The second-order valence-electron chi connectivity index (χ2n) is 7.74. The van der Waals surface area contributed by atoms with Crippen LogP contribution in [0.3, 0.4) is 0 Å². The van der Waals surface area contributed by atoms with Gasteiger partial charge in [-0.05, 0) is 36.6 Å². The average Bonchev–Trinajstić information content (AvgIpc) is 3.28. The Balaban J connectivity index is 0.00000176. The first-order valence-corrected chi connectivity index (χ1v) is 10.6. The van der Waals surface area contributed by atoms with E-state index in [1.165, 1.54) is 17.0 Å². The van der Waals surface area contributed by atoms with Crippen LogP contribution in [0.15, 0.2) is 44.5 Å². The summed E-state index contributed by atoms with van der Waals surface area (Å²) in [6.45, 7) is 9.91. The molecule has 0 aliphatic heterocycles. The lowest BCUT2D eigenvalue weighted by Crippen LogP contribution is -2.37. The summed E-state index contributed by atoms with van der Waals surface area (Å²) in [7, 11) is 3.14. The highest BCUT2D eigenvalue weighted by molar-refractivity contribution is 5.99. The van der Waals surface area contributed by atoms with Crippen LogP contribution in [0, 0.1) is 0 Å². The second kappa shape index (κ2) is 10.2. The van der Waals surface area contributed by atoms with Gasteiger partial charge in [0.1, 0.15) is 17.1 Å². The van der Waals surface area contributed by atoms with Crippen LogP contribution in [-0.4, -0.2) is 30.0 Å². The Morgan fingerprint density at radius 1 is 1.06 bits per heavy atom. The van der Waals surface area contributed by atoms with Crippen LogP contribution in [0.2, 0.25) is 0 Å². The summed E-state index contributed by atoms with van der Waals surface area (Å²) < 4.78 is 5.57. The first-order valence-electron chi connectivity index (χ1n) is 10.6. The van der Waals surface area contributed by atoms with Gasteiger partial charge >= 0.3 is 0 Å². The molecule has 1 amide bonds. The quantitative estimate of drug-likeness (QED) is 0.369. The maximum absolute atomic E-state index is 12.2. The smallest absolute Gasteiger partial charge is 0.257 e. The summed E-state index contributed by atoms with van der Waals surface area (Å²) >= 11 is 0. The average molecular weight is 442 g/mol. The lowest BCUT2D eigenvalue weighted by molar-refractivity contribution is 0.0824. The van der Waals surface area contributed by atoms with Gasteiger partial charge in [-0.1, -0.05) is 33.8 Å². The molecule has 0 radical (unpaired) electrons. The van der Waals surface area contributed by atoms with E-state index in [1.807, 2.05) is 40.7 Å². The van der Waals surface area contributed by atoms with Gasteiger partial charge in [0.25, 0.3) is 16.8 Å². The van der Waals surface area contributed by atoms with Crippen LogP contribution in [0.4, 0.5) is 17.1 Å². The lowest BCUT2D eigenvalue weighted by atomic mass is 10.1. The largest absolute Gasteiger partial charge is 0.505 e. The fourth-order valence-corrected chi connectivity index (χ4v) is 3.03. The fourth-order valence-electron chi connectivity index (χ4n) is 3.03. The summed E-state index contributed by atoms with van der Waals surface area (Å²) in [5, 5.41) is 16.3. The molecule has 0 bridgehead atoms. The van der Waals surface area contributed by atoms with Crippen molar-refractivity contribution in [3.63, 3.8) is 0 Å². The number of carbonyl (C=O) groups excluding carboxylic acids is 1. The predicted octanol–water partition coefficient (Wildman–Crippen LogP) is 4.35. The van der Waals surface area contributed by atoms with Gasteiger partial charge in [-0.2, -0.15) is 0 Å². The fraction of sp³-hybridized carbons (Fsp3) is 0.375. The Kier molecular flexibility index (Phi) is 7.86. The van der Waals surface area contributed by atoms with Crippen molar-refractivity contribution >= 4 is 23.0 Å². The van der Waals surface area contributed by atoms with Crippen LogP contribution in [-0.2, 0) is 0 Å². The highest BCUT2D eigenvalue weighted by Gasteiger charge is 2.25. The normalized spacial score (nSPS) is 11.6. The first kappa shape index (κ1) is 24.7. The third kappa shape index (κ3) is 4.85. The van der Waals surface area contributed by atoms with Crippen LogP contribution >= 0.6 is 0 Å². The highest BCUT2D eigenvalue weighted by Crippen LogP contribution is 2.33. The van der Waals surface area contributed by atoms with Crippen molar-refractivity contribution in [2.45, 2.75) is 46.6 Å². The van der Waals surface area contributed by atoms with Crippen molar-refractivity contribution in [1.82, 2.24) is 4.90 Å². The van der Waals surface area contributed by atoms with E-state index in [0.29, 0.717) is 11.7 Å². The number of rotatable bonds is 7. The first-order chi connectivity index (χ1) is 15.1. The minimum Gasteiger partial charge on any atom is -0.505 e. The highest BCUT2D eigenvalue weighted by atomic mass is 16.3. The van der Waals surface area contributed by atoms with Gasteiger partial charge in [0, 0.05) is 14.1 Å². The molecule has 32 heavy (non-hydrogen) atoms. The number of phenolic OH excluding ortho intramolecular Hbond substituents is 1. The number of phenols is 1. The number of aromatic hydroxyl groups is 1. The van der Waals surface area contributed by atoms with Gasteiger partial charge < -0.3 is 25.1 Å². The molecule has 0 aliphatic rings. The lowest BCUT2D eigenvalue weighted by Gasteiger charge is -2.19. The molecule has 0 unspecified atom stereocenters. The maximum Gasteiger partial charge on any atom is 0.257 e. The molecule has 172 valence electrons. The molecule has 3 rings (SSSR count). The number of benzene rings is 1. The molecular formula is C24H31N3O5. The topological polar surface area (TPSA) is 112 Å². The van der Waals surface area contributed by atoms with Crippen LogP contribution in [0.25, 0.3) is 0 Å². The summed E-state index contributed by atoms with van der Waals surface area (Å²) in [6, 6.07) is 6.14. The number of carbonyl (C=O) groups is 1. The van der Waals surface area contributed by atoms with Gasteiger partial charge in [-0.3, -0.25) is 14.4 Å². The van der Waals surface area contributed by atoms with Crippen LogP contribution < -0.4 is 21.5 Å². The van der Waals surface area contributed by atoms with Gasteiger partial charge in [-0.15, -0.1) is 0 Å². The van der Waals surface area contributed by atoms with Gasteiger partial charge in [-0.25, -0.2) is 0 Å². The Bertz CT molecular complexity index is 1150. The zero-order valence-electron chi connectivity index (χ0n) is 19.6. The monoisotopic (exact) mass is 441 g/mol. The zero-order chi connectivity index (χ0) is 24.2. The maximum atomic E-state index is 12.2. The third-order valence-electron chi connectivity index (χ3n) is 4.94. The van der Waals surface area contributed by atoms with E-state index in [1.54, 1.807) is 26.4 Å². The molecular weight excluding hydrogens is 410 g/mol. The Hall–Kier alpha value is -3.55. The van der Waals surface area contributed by atoms with Gasteiger partial charge in [0.2, 0.25) is 0 Å². The third-order valence-corrected chi connectivity index (χ3v) is 4.94. The van der Waals surface area contributed by atoms with E-state index in [4.69, 9.17) is 4.42 Å². The number of hydrogen-bond donors (Lipinski definition) is 3. The van der Waals surface area contributed by atoms with Crippen molar-refractivity contribution < 1.29 is 14.3 Å². The zero-order valence-corrected chi connectivity index (χ0v) is 19.6. The molecule has 3 N–H and O–H groups in total. The van der Waals surface area contributed by atoms with Gasteiger partial charge in [0.05, 0.1) is 23.6 Å². The Morgan fingerprint density at radius 3 is 2.25 bits per heavy atom. The van der Waals surface area contributed by atoms with Gasteiger partial charge in [0.15, 0.2) is 5.75 Å². The molecule has 8 heteroatoms. The van der Waals surface area contributed by atoms with Crippen LogP contribution in [0.5, 0.6) is 5.75 Å².